The van der Waals surface area contributed by atoms with Gasteiger partial charge in [0.2, 0.25) is 5.78 Å². The Morgan fingerprint density at radius 2 is 1.83 bits per heavy atom. The van der Waals surface area contributed by atoms with Crippen LogP contribution in [0.15, 0.2) is 30.3 Å². The Morgan fingerprint density at radius 3 is 2.33 bits per heavy atom. The molecule has 0 aromatic heterocycles. The molecule has 0 spiro atoms. The predicted octanol–water partition coefficient (Wildman–Crippen LogP) is 1.45. The van der Waals surface area contributed by atoms with Crippen molar-refractivity contribution in [2.45, 2.75) is 12.8 Å². The van der Waals surface area contributed by atoms with Gasteiger partial charge in [-0.05, 0) is 39.0 Å². The third-order valence-electron chi connectivity index (χ3n) is 2.83. The van der Waals surface area contributed by atoms with Crippen molar-refractivity contribution in [2.24, 2.45) is 5.92 Å². The van der Waals surface area contributed by atoms with E-state index in [-0.39, 0.29) is 0 Å². The number of hydrogen-bond acceptors (Lipinski definition) is 3. The first-order valence-electron chi connectivity index (χ1n) is 5.96. The molecule has 1 aromatic carbocycles. The third kappa shape index (κ3) is 4.67. The van der Waals surface area contributed by atoms with Gasteiger partial charge in [-0.15, -0.1) is 0 Å². The van der Waals surface area contributed by atoms with Gasteiger partial charge in [-0.1, -0.05) is 30.3 Å². The molecule has 1 N–H and O–H groups in total. The highest BCUT2D eigenvalue weighted by atomic mass is 16.4. The van der Waals surface area contributed by atoms with Crippen LogP contribution in [0.25, 0.3) is 0 Å². The Balaban J connectivity index is 2.71. The Morgan fingerprint density at radius 1 is 1.22 bits per heavy atom. The van der Waals surface area contributed by atoms with Crippen LogP contribution in [-0.2, 0) is 16.0 Å². The smallest absolute Gasteiger partial charge is 0.372 e. The van der Waals surface area contributed by atoms with Crippen LogP contribution in [-0.4, -0.2) is 42.4 Å². The van der Waals surface area contributed by atoms with Gasteiger partial charge in [-0.3, -0.25) is 4.79 Å². The minimum absolute atomic E-state index is 0.452. The maximum Gasteiger partial charge on any atom is 0.372 e. The molecule has 1 unspecified atom stereocenters. The quantitative estimate of drug-likeness (QED) is 0.743. The Labute approximate surface area is 107 Å². The molecule has 0 aliphatic heterocycles. The molecule has 0 fully saturated rings. The van der Waals surface area contributed by atoms with Gasteiger partial charge in [0.05, 0.1) is 0 Å². The van der Waals surface area contributed by atoms with Crippen molar-refractivity contribution in [1.82, 2.24) is 4.90 Å². The summed E-state index contributed by atoms with van der Waals surface area (Å²) in [5.74, 6) is -2.48. The average molecular weight is 249 g/mol. The molecule has 18 heavy (non-hydrogen) atoms. The minimum atomic E-state index is -1.34. The van der Waals surface area contributed by atoms with Crippen molar-refractivity contribution in [3.8, 4) is 0 Å². The predicted molar refractivity (Wildman–Crippen MR) is 69.4 cm³/mol. The lowest BCUT2D eigenvalue weighted by atomic mass is 9.92. The van der Waals surface area contributed by atoms with E-state index in [0.717, 1.165) is 5.56 Å². The normalized spacial score (nSPS) is 12.4. The number of Topliss-reactive ketones (excluding diaryl/α,β-unsaturated/α-hetero) is 1. The van der Waals surface area contributed by atoms with Crippen molar-refractivity contribution in [3.63, 3.8) is 0 Å². The Kier molecular flexibility index (Phi) is 5.52. The first-order chi connectivity index (χ1) is 8.50. The number of ketones is 1. The topological polar surface area (TPSA) is 57.6 Å². The van der Waals surface area contributed by atoms with Crippen LogP contribution in [0.3, 0.4) is 0 Å². The van der Waals surface area contributed by atoms with E-state index in [4.69, 9.17) is 5.11 Å². The summed E-state index contributed by atoms with van der Waals surface area (Å²) in [7, 11) is 3.82. The van der Waals surface area contributed by atoms with Crippen molar-refractivity contribution in [2.75, 3.05) is 20.6 Å². The average Bonchev–Trinajstić information content (AvgIpc) is 2.34. The van der Waals surface area contributed by atoms with E-state index >= 15 is 0 Å². The summed E-state index contributed by atoms with van der Waals surface area (Å²) in [6, 6.07) is 9.51. The molecular formula is C14H19NO3. The summed E-state index contributed by atoms with van der Waals surface area (Å²) in [5, 5.41) is 8.83. The van der Waals surface area contributed by atoms with Crippen molar-refractivity contribution in [1.29, 1.82) is 0 Å². The number of carboxylic acids is 1. The molecule has 0 aliphatic carbocycles. The van der Waals surface area contributed by atoms with Gasteiger partial charge in [0.15, 0.2) is 0 Å². The summed E-state index contributed by atoms with van der Waals surface area (Å²) in [4.78, 5) is 24.4. The molecule has 1 atom stereocenters. The first kappa shape index (κ1) is 14.4. The molecule has 4 heteroatoms. The second-order valence-electron chi connectivity index (χ2n) is 4.65. The van der Waals surface area contributed by atoms with Crippen molar-refractivity contribution < 1.29 is 14.7 Å². The van der Waals surface area contributed by atoms with E-state index in [1.807, 2.05) is 49.3 Å². The van der Waals surface area contributed by atoms with Crippen LogP contribution in [0.5, 0.6) is 0 Å². The largest absolute Gasteiger partial charge is 0.475 e. The number of carbonyl (C=O) groups is 2. The molecular weight excluding hydrogens is 230 g/mol. The summed E-state index contributed by atoms with van der Waals surface area (Å²) >= 11 is 0. The lowest BCUT2D eigenvalue weighted by Gasteiger charge is -2.16. The van der Waals surface area contributed by atoms with Gasteiger partial charge >= 0.3 is 5.97 Å². The fourth-order valence-electron chi connectivity index (χ4n) is 1.81. The van der Waals surface area contributed by atoms with Crippen LogP contribution in [0, 0.1) is 5.92 Å². The molecule has 0 radical (unpaired) electrons. The fourth-order valence-corrected chi connectivity index (χ4v) is 1.81. The van der Waals surface area contributed by atoms with Crippen LogP contribution in [0.1, 0.15) is 12.0 Å². The third-order valence-corrected chi connectivity index (χ3v) is 2.83. The summed E-state index contributed by atoms with van der Waals surface area (Å²) in [5.41, 5.74) is 0.996. The maximum atomic E-state index is 11.6. The van der Waals surface area contributed by atoms with Gasteiger partial charge in [-0.25, -0.2) is 4.79 Å². The molecule has 0 saturated carbocycles. The fraction of sp³-hybridized carbons (Fsp3) is 0.429. The summed E-state index contributed by atoms with van der Waals surface area (Å²) < 4.78 is 0. The SMILES string of the molecule is CN(C)CCC(Cc1ccccc1)C(=O)C(=O)O. The summed E-state index contributed by atoms with van der Waals surface area (Å²) in [6.45, 7) is 0.705. The molecule has 1 rings (SSSR count). The van der Waals surface area contributed by atoms with Crippen LogP contribution in [0.2, 0.25) is 0 Å². The standard InChI is InChI=1S/C14H19NO3/c1-15(2)9-8-12(13(16)14(17)18)10-11-6-4-3-5-7-11/h3-7,12H,8-10H2,1-2H3,(H,17,18). The molecule has 1 aromatic rings. The second-order valence-corrected chi connectivity index (χ2v) is 4.65. The molecule has 0 saturated heterocycles. The highest BCUT2D eigenvalue weighted by molar-refractivity contribution is 6.33. The Hall–Kier alpha value is -1.68. The van der Waals surface area contributed by atoms with Crippen LogP contribution < -0.4 is 0 Å². The Bertz CT molecular complexity index is 401. The maximum absolute atomic E-state index is 11.6. The summed E-state index contributed by atoms with van der Waals surface area (Å²) in [6.07, 6.45) is 1.05. The van der Waals surface area contributed by atoms with Gasteiger partial charge in [0.1, 0.15) is 0 Å². The second kappa shape index (κ2) is 6.91. The van der Waals surface area contributed by atoms with Crippen molar-refractivity contribution in [3.05, 3.63) is 35.9 Å². The zero-order valence-electron chi connectivity index (χ0n) is 10.8. The van der Waals surface area contributed by atoms with Gasteiger partial charge in [0.25, 0.3) is 0 Å². The number of benzene rings is 1. The number of rotatable bonds is 7. The van der Waals surface area contributed by atoms with E-state index in [1.54, 1.807) is 0 Å². The first-order valence-corrected chi connectivity index (χ1v) is 5.96. The molecule has 0 heterocycles. The molecule has 0 aliphatic rings. The van der Waals surface area contributed by atoms with Gasteiger partial charge < -0.3 is 10.0 Å². The van der Waals surface area contributed by atoms with E-state index < -0.39 is 17.7 Å². The molecule has 0 amide bonds. The van der Waals surface area contributed by atoms with Gasteiger partial charge in [0, 0.05) is 5.92 Å². The van der Waals surface area contributed by atoms with E-state index in [9.17, 15) is 9.59 Å². The number of carboxylic acid groups (broad SMARTS) is 1. The van der Waals surface area contributed by atoms with Gasteiger partial charge in [-0.2, -0.15) is 0 Å². The van der Waals surface area contributed by atoms with E-state index in [2.05, 4.69) is 0 Å². The van der Waals surface area contributed by atoms with Crippen LogP contribution >= 0.6 is 0 Å². The van der Waals surface area contributed by atoms with Crippen LogP contribution in [0.4, 0.5) is 0 Å². The molecule has 98 valence electrons. The number of hydrogen-bond donors (Lipinski definition) is 1. The lowest BCUT2D eigenvalue weighted by molar-refractivity contribution is -0.151. The lowest BCUT2D eigenvalue weighted by Crippen LogP contribution is -2.28. The van der Waals surface area contributed by atoms with E-state index in [0.29, 0.717) is 19.4 Å². The highest BCUT2D eigenvalue weighted by Crippen LogP contribution is 2.14. The van der Waals surface area contributed by atoms with Crippen molar-refractivity contribution >= 4 is 11.8 Å². The number of carbonyl (C=O) groups excluding carboxylic acids is 1. The highest BCUT2D eigenvalue weighted by Gasteiger charge is 2.24. The van der Waals surface area contributed by atoms with E-state index in [1.165, 1.54) is 0 Å². The zero-order chi connectivity index (χ0) is 13.5. The number of aliphatic carboxylic acids is 1. The zero-order valence-corrected chi connectivity index (χ0v) is 10.8. The minimum Gasteiger partial charge on any atom is -0.475 e. The number of nitrogens with zero attached hydrogens (tertiary/aromatic N) is 1. The monoisotopic (exact) mass is 249 g/mol. The molecule has 0 bridgehead atoms. The molecule has 4 nitrogen and oxygen atoms in total.